The van der Waals surface area contributed by atoms with E-state index in [2.05, 4.69) is 51.1 Å². The molecule has 3 heterocycles. The third-order valence-electron chi connectivity index (χ3n) is 7.02. The van der Waals surface area contributed by atoms with Crippen molar-refractivity contribution in [2.24, 2.45) is 0 Å². The summed E-state index contributed by atoms with van der Waals surface area (Å²) in [5.74, 6) is 2.55. The van der Waals surface area contributed by atoms with Gasteiger partial charge in [0.2, 0.25) is 0 Å². The fourth-order valence-corrected chi connectivity index (χ4v) is 4.83. The minimum atomic E-state index is 0.643. The van der Waals surface area contributed by atoms with E-state index in [1.807, 2.05) is 30.5 Å². The highest BCUT2D eigenvalue weighted by Crippen LogP contribution is 2.24. The van der Waals surface area contributed by atoms with Crippen molar-refractivity contribution in [2.75, 3.05) is 82.7 Å². The van der Waals surface area contributed by atoms with Crippen molar-refractivity contribution in [3.63, 3.8) is 0 Å². The van der Waals surface area contributed by atoms with E-state index in [9.17, 15) is 0 Å². The molecule has 2 aromatic carbocycles. The quantitative estimate of drug-likeness (QED) is 0.380. The van der Waals surface area contributed by atoms with Crippen LogP contribution in [0.1, 0.15) is 11.1 Å². The Morgan fingerprint density at radius 3 is 2.26 bits per heavy atom. The Morgan fingerprint density at radius 2 is 1.55 bits per heavy atom. The van der Waals surface area contributed by atoms with Gasteiger partial charge in [0.15, 0.2) is 0 Å². The topological polar surface area (TPSA) is 59.5 Å². The number of nitrogens with zero attached hydrogens (tertiary/aromatic N) is 4. The standard InChI is InChI=1S/C30H38N4O4/c1-35-28-4-2-3-26(21-28)24-34(23-25-5-7-27(8-6-25)33-14-18-37-19-15-33)30-10-9-29(22-31-30)38-20-13-32-11-16-36-17-12-32/h2-10,21-22H,11-20,23-24H2,1H3. The molecule has 38 heavy (non-hydrogen) atoms. The summed E-state index contributed by atoms with van der Waals surface area (Å²) < 4.78 is 22.4. The van der Waals surface area contributed by atoms with E-state index in [4.69, 9.17) is 23.9 Å². The summed E-state index contributed by atoms with van der Waals surface area (Å²) in [6, 6.07) is 21.1. The van der Waals surface area contributed by atoms with Crippen LogP contribution in [0.4, 0.5) is 11.5 Å². The van der Waals surface area contributed by atoms with Crippen molar-refractivity contribution in [3.05, 3.63) is 78.0 Å². The molecular formula is C30H38N4O4. The zero-order chi connectivity index (χ0) is 26.0. The molecule has 1 aromatic heterocycles. The number of methoxy groups -OCH3 is 1. The average Bonchev–Trinajstić information content (AvgIpc) is 2.99. The van der Waals surface area contributed by atoms with Gasteiger partial charge in [-0.25, -0.2) is 4.98 Å². The molecule has 0 atom stereocenters. The zero-order valence-corrected chi connectivity index (χ0v) is 22.3. The third-order valence-corrected chi connectivity index (χ3v) is 7.02. The van der Waals surface area contributed by atoms with Crippen LogP contribution in [-0.2, 0) is 22.6 Å². The highest BCUT2D eigenvalue weighted by atomic mass is 16.5. The predicted octanol–water partition coefficient (Wildman–Crippen LogP) is 3.84. The SMILES string of the molecule is COc1cccc(CN(Cc2ccc(N3CCOCC3)cc2)c2ccc(OCCN3CCOCC3)cn2)c1. The van der Waals surface area contributed by atoms with Gasteiger partial charge in [0, 0.05) is 51.5 Å². The molecule has 2 aliphatic rings. The molecule has 8 heteroatoms. The van der Waals surface area contributed by atoms with Crippen LogP contribution in [-0.4, -0.2) is 82.8 Å². The van der Waals surface area contributed by atoms with E-state index in [-0.39, 0.29) is 0 Å². The van der Waals surface area contributed by atoms with Gasteiger partial charge in [0.25, 0.3) is 0 Å². The van der Waals surface area contributed by atoms with Crippen molar-refractivity contribution < 1.29 is 18.9 Å². The molecule has 8 nitrogen and oxygen atoms in total. The first-order valence-corrected chi connectivity index (χ1v) is 13.5. The number of hydrogen-bond donors (Lipinski definition) is 0. The first kappa shape index (κ1) is 26.3. The summed E-state index contributed by atoms with van der Waals surface area (Å²) in [4.78, 5) is 11.8. The van der Waals surface area contributed by atoms with E-state index < -0.39 is 0 Å². The summed E-state index contributed by atoms with van der Waals surface area (Å²) in [5, 5.41) is 0. The summed E-state index contributed by atoms with van der Waals surface area (Å²) in [5.41, 5.74) is 3.65. The zero-order valence-electron chi connectivity index (χ0n) is 22.3. The fraction of sp³-hybridized carbons (Fsp3) is 0.433. The largest absolute Gasteiger partial charge is 0.497 e. The third kappa shape index (κ3) is 7.37. The van der Waals surface area contributed by atoms with Gasteiger partial charge in [-0.05, 0) is 47.5 Å². The summed E-state index contributed by atoms with van der Waals surface area (Å²) in [6.07, 6.45) is 1.83. The van der Waals surface area contributed by atoms with Crippen molar-refractivity contribution in [1.29, 1.82) is 0 Å². The molecular weight excluding hydrogens is 480 g/mol. The second-order valence-electron chi connectivity index (χ2n) is 9.63. The van der Waals surface area contributed by atoms with Gasteiger partial charge in [-0.3, -0.25) is 4.90 Å². The lowest BCUT2D eigenvalue weighted by Crippen LogP contribution is -2.38. The Morgan fingerprint density at radius 1 is 0.816 bits per heavy atom. The molecule has 2 saturated heterocycles. The maximum Gasteiger partial charge on any atom is 0.137 e. The van der Waals surface area contributed by atoms with Crippen LogP contribution in [0.5, 0.6) is 11.5 Å². The van der Waals surface area contributed by atoms with Gasteiger partial charge in [0.1, 0.15) is 23.9 Å². The van der Waals surface area contributed by atoms with E-state index >= 15 is 0 Å². The Kier molecular flexibility index (Phi) is 9.31. The molecule has 0 amide bonds. The van der Waals surface area contributed by atoms with Crippen LogP contribution in [0.25, 0.3) is 0 Å². The molecule has 0 aliphatic carbocycles. The normalized spacial score (nSPS) is 16.3. The molecule has 2 fully saturated rings. The van der Waals surface area contributed by atoms with E-state index in [1.165, 1.54) is 16.8 Å². The van der Waals surface area contributed by atoms with Gasteiger partial charge < -0.3 is 28.7 Å². The lowest BCUT2D eigenvalue weighted by molar-refractivity contribution is 0.0322. The second kappa shape index (κ2) is 13.5. The number of rotatable bonds is 11. The van der Waals surface area contributed by atoms with Crippen molar-refractivity contribution in [2.45, 2.75) is 13.1 Å². The Labute approximate surface area is 225 Å². The van der Waals surface area contributed by atoms with Crippen LogP contribution in [0.3, 0.4) is 0 Å². The number of hydrogen-bond acceptors (Lipinski definition) is 8. The first-order valence-electron chi connectivity index (χ1n) is 13.5. The van der Waals surface area contributed by atoms with Crippen molar-refractivity contribution >= 4 is 11.5 Å². The molecule has 0 spiro atoms. The van der Waals surface area contributed by atoms with E-state index in [0.29, 0.717) is 13.2 Å². The van der Waals surface area contributed by atoms with Crippen molar-refractivity contribution in [1.82, 2.24) is 9.88 Å². The van der Waals surface area contributed by atoms with Crippen LogP contribution < -0.4 is 19.3 Å². The molecule has 0 bridgehead atoms. The highest BCUT2D eigenvalue weighted by molar-refractivity contribution is 5.49. The maximum atomic E-state index is 5.99. The van der Waals surface area contributed by atoms with Crippen LogP contribution >= 0.6 is 0 Å². The molecule has 5 rings (SSSR count). The molecule has 2 aliphatic heterocycles. The molecule has 0 N–H and O–H groups in total. The molecule has 3 aromatic rings. The van der Waals surface area contributed by atoms with Gasteiger partial charge in [-0.1, -0.05) is 24.3 Å². The summed E-state index contributed by atoms with van der Waals surface area (Å²) in [7, 11) is 1.70. The average molecular weight is 519 g/mol. The minimum absolute atomic E-state index is 0.643. The highest BCUT2D eigenvalue weighted by Gasteiger charge is 2.14. The fourth-order valence-electron chi connectivity index (χ4n) is 4.83. The monoisotopic (exact) mass is 518 g/mol. The lowest BCUT2D eigenvalue weighted by Gasteiger charge is -2.29. The molecule has 0 saturated carbocycles. The molecule has 202 valence electrons. The number of morpholine rings is 2. The van der Waals surface area contributed by atoms with E-state index in [1.54, 1.807) is 7.11 Å². The Balaban J connectivity index is 1.26. The number of aromatic nitrogens is 1. The predicted molar refractivity (Wildman–Crippen MR) is 149 cm³/mol. The number of pyridine rings is 1. The molecule has 0 unspecified atom stereocenters. The van der Waals surface area contributed by atoms with Crippen LogP contribution in [0.15, 0.2) is 66.9 Å². The summed E-state index contributed by atoms with van der Waals surface area (Å²) >= 11 is 0. The minimum Gasteiger partial charge on any atom is -0.497 e. The molecule has 0 radical (unpaired) electrons. The van der Waals surface area contributed by atoms with E-state index in [0.717, 1.165) is 83.0 Å². The van der Waals surface area contributed by atoms with Crippen molar-refractivity contribution in [3.8, 4) is 11.5 Å². The smallest absolute Gasteiger partial charge is 0.137 e. The Bertz CT molecular complexity index is 1110. The first-order chi connectivity index (χ1) is 18.8. The lowest BCUT2D eigenvalue weighted by atomic mass is 10.1. The number of anilines is 2. The number of ether oxygens (including phenoxy) is 4. The van der Waals surface area contributed by atoms with Gasteiger partial charge in [-0.2, -0.15) is 0 Å². The van der Waals surface area contributed by atoms with Gasteiger partial charge >= 0.3 is 0 Å². The van der Waals surface area contributed by atoms with Gasteiger partial charge in [0.05, 0.1) is 39.7 Å². The Hall–Kier alpha value is -3.33. The number of benzene rings is 2. The van der Waals surface area contributed by atoms with Crippen LogP contribution in [0.2, 0.25) is 0 Å². The van der Waals surface area contributed by atoms with Crippen LogP contribution in [0, 0.1) is 0 Å². The van der Waals surface area contributed by atoms with Gasteiger partial charge in [-0.15, -0.1) is 0 Å². The second-order valence-corrected chi connectivity index (χ2v) is 9.63. The summed E-state index contributed by atoms with van der Waals surface area (Å²) in [6.45, 7) is 9.97. The maximum absolute atomic E-state index is 5.99.